The minimum atomic E-state index is -0.0894. The maximum Gasteiger partial charge on any atom is 0.296 e. The first kappa shape index (κ1) is 14.2. The maximum absolute atomic E-state index is 13.1. The Bertz CT molecular complexity index is 742. The fraction of sp³-hybridized carbons (Fsp3) is 0.438. The van der Waals surface area contributed by atoms with Crippen LogP contribution >= 0.6 is 0 Å². The van der Waals surface area contributed by atoms with E-state index in [0.29, 0.717) is 32.1 Å². The average Bonchev–Trinajstić information content (AvgIpc) is 2.94. The van der Waals surface area contributed by atoms with Gasteiger partial charge in [-0.25, -0.2) is 0 Å². The van der Waals surface area contributed by atoms with Crippen LogP contribution < -0.4 is 9.80 Å². The summed E-state index contributed by atoms with van der Waals surface area (Å²) in [7, 11) is 2.06. The van der Waals surface area contributed by atoms with Crippen molar-refractivity contribution in [2.45, 2.75) is 19.6 Å². The highest BCUT2D eigenvalue weighted by molar-refractivity contribution is 6.05. The zero-order valence-electron chi connectivity index (χ0n) is 13.1. The molecule has 0 bridgehead atoms. The molecule has 0 saturated heterocycles. The number of nitrogens with zero attached hydrogens (tertiary/aromatic N) is 5. The van der Waals surface area contributed by atoms with Crippen molar-refractivity contribution in [2.75, 3.05) is 36.5 Å². The first-order valence-electron chi connectivity index (χ1n) is 7.87. The molecule has 1 amide bonds. The number of aromatic nitrogens is 3. The molecule has 0 saturated carbocycles. The Labute approximate surface area is 134 Å². The Morgan fingerprint density at radius 1 is 1.13 bits per heavy atom. The van der Waals surface area contributed by atoms with E-state index in [1.807, 2.05) is 33.7 Å². The molecule has 0 aliphatic carbocycles. The van der Waals surface area contributed by atoms with E-state index in [9.17, 15) is 4.79 Å². The number of amides is 1. The molecular weight excluding hydrogens is 294 g/mol. The van der Waals surface area contributed by atoms with E-state index in [-0.39, 0.29) is 5.91 Å². The van der Waals surface area contributed by atoms with Gasteiger partial charge in [-0.3, -0.25) is 4.79 Å². The summed E-state index contributed by atoms with van der Waals surface area (Å²) in [6.07, 6.45) is 0.918. The van der Waals surface area contributed by atoms with Gasteiger partial charge in [0.2, 0.25) is 5.82 Å². The van der Waals surface area contributed by atoms with E-state index in [1.165, 1.54) is 0 Å². The van der Waals surface area contributed by atoms with Crippen LogP contribution in [-0.2, 0) is 17.9 Å². The molecular formula is C16H19N5O2. The van der Waals surface area contributed by atoms with Crippen molar-refractivity contribution in [1.82, 2.24) is 14.8 Å². The summed E-state index contributed by atoms with van der Waals surface area (Å²) in [5, 5.41) is 8.22. The van der Waals surface area contributed by atoms with Crippen molar-refractivity contribution in [3.05, 3.63) is 35.9 Å². The molecule has 7 nitrogen and oxygen atoms in total. The highest BCUT2D eigenvalue weighted by Gasteiger charge is 2.29. The van der Waals surface area contributed by atoms with Gasteiger partial charge in [-0.05, 0) is 18.6 Å². The lowest BCUT2D eigenvalue weighted by atomic mass is 10.2. The van der Waals surface area contributed by atoms with Crippen LogP contribution in [0.2, 0.25) is 0 Å². The molecule has 4 rings (SSSR count). The number of ether oxygens (including phenoxy) is 1. The fourth-order valence-electron chi connectivity index (χ4n) is 3.21. The lowest BCUT2D eigenvalue weighted by Gasteiger charge is -2.24. The molecule has 0 N–H and O–H groups in total. The van der Waals surface area contributed by atoms with Crippen LogP contribution in [0.15, 0.2) is 24.3 Å². The first-order valence-corrected chi connectivity index (χ1v) is 7.87. The van der Waals surface area contributed by atoms with Crippen LogP contribution in [0.25, 0.3) is 0 Å². The summed E-state index contributed by atoms with van der Waals surface area (Å²) >= 11 is 0. The number of benzene rings is 1. The molecule has 7 heteroatoms. The topological polar surface area (TPSA) is 63.5 Å². The van der Waals surface area contributed by atoms with E-state index in [1.54, 1.807) is 0 Å². The Hall–Kier alpha value is -2.41. The van der Waals surface area contributed by atoms with Crippen molar-refractivity contribution in [1.29, 1.82) is 0 Å². The first-order chi connectivity index (χ1) is 11.3. The fourth-order valence-corrected chi connectivity index (χ4v) is 3.21. The Morgan fingerprint density at radius 3 is 2.83 bits per heavy atom. The van der Waals surface area contributed by atoms with Gasteiger partial charge in [0.05, 0.1) is 18.0 Å². The van der Waals surface area contributed by atoms with Gasteiger partial charge in [-0.15, -0.1) is 10.2 Å². The van der Waals surface area contributed by atoms with E-state index in [4.69, 9.17) is 4.74 Å². The predicted octanol–water partition coefficient (Wildman–Crippen LogP) is 1.29. The molecule has 0 radical (unpaired) electrons. The quantitative estimate of drug-likeness (QED) is 0.794. The van der Waals surface area contributed by atoms with Crippen molar-refractivity contribution in [3.8, 4) is 0 Å². The number of anilines is 2. The van der Waals surface area contributed by atoms with E-state index in [0.717, 1.165) is 30.2 Å². The SMILES string of the molecule is CN1CCCN(C(=O)c2nnc3n2CCOC3)c2ccccc21. The predicted molar refractivity (Wildman–Crippen MR) is 85.7 cm³/mol. The van der Waals surface area contributed by atoms with Crippen molar-refractivity contribution in [3.63, 3.8) is 0 Å². The van der Waals surface area contributed by atoms with E-state index >= 15 is 0 Å². The molecule has 0 spiro atoms. The van der Waals surface area contributed by atoms with Crippen LogP contribution in [0.3, 0.4) is 0 Å². The third kappa shape index (κ3) is 2.37. The normalized spacial score (nSPS) is 17.4. The van der Waals surface area contributed by atoms with Crippen LogP contribution in [0.5, 0.6) is 0 Å². The number of rotatable bonds is 1. The van der Waals surface area contributed by atoms with Gasteiger partial charge in [0.25, 0.3) is 5.91 Å². The van der Waals surface area contributed by atoms with E-state index in [2.05, 4.69) is 22.1 Å². The largest absolute Gasteiger partial charge is 0.373 e. The summed E-state index contributed by atoms with van der Waals surface area (Å²) in [4.78, 5) is 17.1. The van der Waals surface area contributed by atoms with Gasteiger partial charge >= 0.3 is 0 Å². The summed E-state index contributed by atoms with van der Waals surface area (Å²) in [5.74, 6) is 1.04. The van der Waals surface area contributed by atoms with Crippen molar-refractivity contribution < 1.29 is 9.53 Å². The number of hydrogen-bond donors (Lipinski definition) is 0. The van der Waals surface area contributed by atoms with Gasteiger partial charge in [-0.2, -0.15) is 0 Å². The smallest absolute Gasteiger partial charge is 0.296 e. The molecule has 2 aliphatic rings. The summed E-state index contributed by atoms with van der Waals surface area (Å²) in [5.41, 5.74) is 2.00. The maximum atomic E-state index is 13.1. The van der Waals surface area contributed by atoms with Gasteiger partial charge in [0, 0.05) is 26.7 Å². The molecule has 23 heavy (non-hydrogen) atoms. The van der Waals surface area contributed by atoms with Crippen LogP contribution in [0.4, 0.5) is 11.4 Å². The zero-order chi connectivity index (χ0) is 15.8. The summed E-state index contributed by atoms with van der Waals surface area (Å²) in [6, 6.07) is 8.00. The highest BCUT2D eigenvalue weighted by atomic mass is 16.5. The summed E-state index contributed by atoms with van der Waals surface area (Å²) < 4.78 is 7.25. The Morgan fingerprint density at radius 2 is 1.96 bits per heavy atom. The number of carbonyl (C=O) groups is 1. The summed E-state index contributed by atoms with van der Waals surface area (Å²) in [6.45, 7) is 3.23. The zero-order valence-corrected chi connectivity index (χ0v) is 13.1. The van der Waals surface area contributed by atoms with Gasteiger partial charge < -0.3 is 19.1 Å². The Kier molecular flexibility index (Phi) is 3.49. The number of para-hydroxylation sites is 2. The second-order valence-electron chi connectivity index (χ2n) is 5.86. The highest BCUT2D eigenvalue weighted by Crippen LogP contribution is 2.32. The third-order valence-electron chi connectivity index (χ3n) is 4.41. The van der Waals surface area contributed by atoms with Crippen LogP contribution in [0.1, 0.15) is 22.9 Å². The monoisotopic (exact) mass is 313 g/mol. The van der Waals surface area contributed by atoms with Gasteiger partial charge in [-0.1, -0.05) is 12.1 Å². The molecule has 2 aliphatic heterocycles. The minimum Gasteiger partial charge on any atom is -0.373 e. The van der Waals surface area contributed by atoms with Crippen molar-refractivity contribution in [2.24, 2.45) is 0 Å². The lowest BCUT2D eigenvalue weighted by Crippen LogP contribution is -2.34. The molecule has 0 fully saturated rings. The standard InChI is InChI=1S/C16H19N5O2/c1-19-7-4-8-20(13-6-3-2-5-12(13)19)16(22)15-18-17-14-11-23-10-9-21(14)15/h2-3,5-6H,4,7-11H2,1H3. The molecule has 3 heterocycles. The second-order valence-corrected chi connectivity index (χ2v) is 5.86. The molecule has 2 aromatic rings. The van der Waals surface area contributed by atoms with Crippen molar-refractivity contribution >= 4 is 17.3 Å². The van der Waals surface area contributed by atoms with Crippen LogP contribution in [-0.4, -0.2) is 47.4 Å². The number of carbonyl (C=O) groups excluding carboxylic acids is 1. The molecule has 0 atom stereocenters. The number of hydrogen-bond acceptors (Lipinski definition) is 5. The van der Waals surface area contributed by atoms with E-state index < -0.39 is 0 Å². The van der Waals surface area contributed by atoms with Gasteiger partial charge in [0.15, 0.2) is 5.82 Å². The Balaban J connectivity index is 1.74. The molecule has 1 aromatic heterocycles. The number of fused-ring (bicyclic) bond motifs is 2. The third-order valence-corrected chi connectivity index (χ3v) is 4.41. The average molecular weight is 313 g/mol. The molecule has 1 aromatic carbocycles. The lowest BCUT2D eigenvalue weighted by molar-refractivity contribution is 0.0785. The second kappa shape index (κ2) is 5.66. The molecule has 120 valence electrons. The minimum absolute atomic E-state index is 0.0894. The van der Waals surface area contributed by atoms with Gasteiger partial charge in [0.1, 0.15) is 6.61 Å². The van der Waals surface area contributed by atoms with Crippen LogP contribution in [0, 0.1) is 0 Å². The molecule has 0 unspecified atom stereocenters.